The maximum Gasteiger partial charge on any atom is 0.325 e. The number of rotatable bonds is 3. The predicted octanol–water partition coefficient (Wildman–Crippen LogP) is 3.18. The minimum Gasteiger partial charge on any atom is -0.323 e. The summed E-state index contributed by atoms with van der Waals surface area (Å²) >= 11 is 0. The second-order valence-corrected chi connectivity index (χ2v) is 8.53. The van der Waals surface area contributed by atoms with Crippen LogP contribution < -0.4 is 10.6 Å². The van der Waals surface area contributed by atoms with Crippen molar-refractivity contribution in [2.75, 3.05) is 11.9 Å². The fraction of sp³-hybridized carbons (Fsp3) is 0.526. The summed E-state index contributed by atoms with van der Waals surface area (Å²) in [7, 11) is 0. The van der Waals surface area contributed by atoms with Crippen LogP contribution in [-0.4, -0.2) is 34.8 Å². The van der Waals surface area contributed by atoms with Crippen molar-refractivity contribution in [3.05, 3.63) is 29.6 Å². The Labute approximate surface area is 160 Å². The van der Waals surface area contributed by atoms with E-state index >= 15 is 0 Å². The van der Waals surface area contributed by atoms with E-state index in [4.69, 9.17) is 0 Å². The van der Waals surface area contributed by atoms with Gasteiger partial charge >= 0.3 is 6.03 Å². The lowest BCUT2D eigenvalue weighted by Gasteiger charge is -2.43. The van der Waals surface area contributed by atoms with E-state index in [2.05, 4.69) is 10.6 Å². The fourth-order valence-electron chi connectivity index (χ4n) is 4.61. The molecular formula is C19H22F3N3O3. The molecule has 1 spiro atoms. The molecule has 0 aromatic heterocycles. The number of anilines is 1. The Morgan fingerprint density at radius 3 is 2.54 bits per heavy atom. The lowest BCUT2D eigenvalue weighted by molar-refractivity contribution is -0.136. The van der Waals surface area contributed by atoms with Crippen LogP contribution in [0.5, 0.6) is 0 Å². The summed E-state index contributed by atoms with van der Waals surface area (Å²) in [6.07, 6.45) is 1.83. The third-order valence-corrected chi connectivity index (χ3v) is 5.24. The van der Waals surface area contributed by atoms with Gasteiger partial charge in [0, 0.05) is 0 Å². The molecular weight excluding hydrogens is 375 g/mol. The molecule has 2 unspecified atom stereocenters. The van der Waals surface area contributed by atoms with Crippen LogP contribution >= 0.6 is 0 Å². The van der Waals surface area contributed by atoms with Gasteiger partial charge in [-0.25, -0.2) is 18.0 Å². The van der Waals surface area contributed by atoms with Gasteiger partial charge < -0.3 is 10.6 Å². The van der Waals surface area contributed by atoms with Gasteiger partial charge in [-0.3, -0.25) is 14.5 Å². The summed E-state index contributed by atoms with van der Waals surface area (Å²) in [5.74, 6) is -5.85. The number of nitrogens with zero attached hydrogens (tertiary/aromatic N) is 1. The molecule has 1 aliphatic heterocycles. The van der Waals surface area contributed by atoms with Crippen LogP contribution in [0.2, 0.25) is 0 Å². The molecule has 28 heavy (non-hydrogen) atoms. The highest BCUT2D eigenvalue weighted by Crippen LogP contribution is 2.46. The Bertz CT molecular complexity index is 858. The van der Waals surface area contributed by atoms with E-state index in [1.54, 1.807) is 0 Å². The van der Waals surface area contributed by atoms with E-state index in [1.807, 2.05) is 20.8 Å². The normalized spacial score (nSPS) is 26.5. The average Bonchev–Trinajstić information content (AvgIpc) is 2.77. The van der Waals surface area contributed by atoms with E-state index in [1.165, 1.54) is 0 Å². The van der Waals surface area contributed by atoms with E-state index in [9.17, 15) is 27.6 Å². The molecule has 1 saturated carbocycles. The summed E-state index contributed by atoms with van der Waals surface area (Å²) < 4.78 is 40.0. The number of carbonyl (C=O) groups excluding carboxylic acids is 3. The first-order chi connectivity index (χ1) is 12.9. The van der Waals surface area contributed by atoms with Gasteiger partial charge in [0.25, 0.3) is 5.91 Å². The van der Waals surface area contributed by atoms with Gasteiger partial charge in [-0.05, 0) is 42.7 Å². The van der Waals surface area contributed by atoms with Crippen molar-refractivity contribution in [2.45, 2.75) is 45.6 Å². The minimum absolute atomic E-state index is 0.159. The molecule has 2 atom stereocenters. The van der Waals surface area contributed by atoms with E-state index in [-0.39, 0.29) is 11.3 Å². The number of urea groups is 1. The SMILES string of the molecule is CC1CC(C)(C)CC2(C1)NC(=O)N(CC(=O)Nc1ccc(F)c(F)c1F)C2=O. The summed E-state index contributed by atoms with van der Waals surface area (Å²) in [5, 5.41) is 4.79. The molecule has 6 nitrogen and oxygen atoms in total. The molecule has 3 rings (SSSR count). The van der Waals surface area contributed by atoms with Crippen molar-refractivity contribution in [1.82, 2.24) is 10.2 Å². The molecule has 0 bridgehead atoms. The Balaban J connectivity index is 1.74. The van der Waals surface area contributed by atoms with Gasteiger partial charge in [0.2, 0.25) is 5.91 Å². The maximum atomic E-state index is 13.7. The molecule has 1 saturated heterocycles. The van der Waals surface area contributed by atoms with Crippen LogP contribution in [0.3, 0.4) is 0 Å². The first-order valence-electron chi connectivity index (χ1n) is 9.02. The topological polar surface area (TPSA) is 78.5 Å². The van der Waals surface area contributed by atoms with Gasteiger partial charge in [0.1, 0.15) is 12.1 Å². The second kappa shape index (κ2) is 6.79. The van der Waals surface area contributed by atoms with E-state index in [0.29, 0.717) is 18.9 Å². The third-order valence-electron chi connectivity index (χ3n) is 5.24. The largest absolute Gasteiger partial charge is 0.325 e. The van der Waals surface area contributed by atoms with Gasteiger partial charge in [-0.15, -0.1) is 0 Å². The van der Waals surface area contributed by atoms with Crippen molar-refractivity contribution >= 4 is 23.5 Å². The molecule has 1 heterocycles. The zero-order valence-electron chi connectivity index (χ0n) is 15.9. The molecule has 4 amide bonds. The van der Waals surface area contributed by atoms with Gasteiger partial charge in [-0.2, -0.15) is 0 Å². The Kier molecular flexibility index (Phi) is 4.89. The van der Waals surface area contributed by atoms with Crippen molar-refractivity contribution < 1.29 is 27.6 Å². The monoisotopic (exact) mass is 397 g/mol. The van der Waals surface area contributed by atoms with Gasteiger partial charge in [0.15, 0.2) is 17.5 Å². The Morgan fingerprint density at radius 1 is 1.21 bits per heavy atom. The third kappa shape index (κ3) is 3.57. The quantitative estimate of drug-likeness (QED) is 0.607. The summed E-state index contributed by atoms with van der Waals surface area (Å²) in [5.41, 5.74) is -1.79. The first-order valence-corrected chi connectivity index (χ1v) is 9.02. The zero-order chi connectivity index (χ0) is 20.9. The zero-order valence-corrected chi connectivity index (χ0v) is 15.9. The molecule has 9 heteroatoms. The molecule has 0 radical (unpaired) electrons. The number of carbonyl (C=O) groups is 3. The molecule has 152 valence electrons. The molecule has 1 aromatic rings. The lowest BCUT2D eigenvalue weighted by atomic mass is 9.64. The van der Waals surface area contributed by atoms with Gasteiger partial charge in [-0.1, -0.05) is 20.8 Å². The standard InChI is InChI=1S/C19H22F3N3O3/c1-10-6-18(2,3)9-19(7-10)16(27)25(17(28)24-19)8-13(26)23-12-5-4-11(20)14(21)15(12)22/h4-5,10H,6-9H2,1-3H3,(H,23,26)(H,24,28). The number of halogens is 3. The number of amides is 4. The second-order valence-electron chi connectivity index (χ2n) is 8.53. The van der Waals surface area contributed by atoms with Crippen molar-refractivity contribution in [2.24, 2.45) is 11.3 Å². The van der Waals surface area contributed by atoms with Crippen molar-refractivity contribution in [3.63, 3.8) is 0 Å². The molecule has 1 aromatic carbocycles. The van der Waals surface area contributed by atoms with E-state index in [0.717, 1.165) is 17.4 Å². The lowest BCUT2D eigenvalue weighted by Crippen LogP contribution is -2.54. The number of hydrogen-bond donors (Lipinski definition) is 2. The fourth-order valence-corrected chi connectivity index (χ4v) is 4.61. The summed E-state index contributed by atoms with van der Waals surface area (Å²) in [6, 6.07) is 0.836. The van der Waals surface area contributed by atoms with E-state index < -0.39 is 53.1 Å². The van der Waals surface area contributed by atoms with Crippen molar-refractivity contribution in [3.8, 4) is 0 Å². The van der Waals surface area contributed by atoms with Crippen LogP contribution in [0, 0.1) is 28.8 Å². The highest BCUT2D eigenvalue weighted by Gasteiger charge is 2.56. The highest BCUT2D eigenvalue weighted by atomic mass is 19.2. The Morgan fingerprint density at radius 2 is 1.89 bits per heavy atom. The number of benzene rings is 1. The molecule has 1 aliphatic carbocycles. The first kappa shape index (κ1) is 20.2. The van der Waals surface area contributed by atoms with Crippen LogP contribution in [0.25, 0.3) is 0 Å². The number of imide groups is 1. The molecule has 2 fully saturated rings. The van der Waals surface area contributed by atoms with Crippen LogP contribution in [0.1, 0.15) is 40.0 Å². The highest BCUT2D eigenvalue weighted by molar-refractivity contribution is 6.10. The van der Waals surface area contributed by atoms with Crippen LogP contribution in [-0.2, 0) is 9.59 Å². The average molecular weight is 397 g/mol. The van der Waals surface area contributed by atoms with Gasteiger partial charge in [0.05, 0.1) is 5.69 Å². The maximum absolute atomic E-state index is 13.7. The predicted molar refractivity (Wildman–Crippen MR) is 94.7 cm³/mol. The number of hydrogen-bond acceptors (Lipinski definition) is 3. The molecule has 2 aliphatic rings. The Hall–Kier alpha value is -2.58. The smallest absolute Gasteiger partial charge is 0.323 e. The summed E-state index contributed by atoms with van der Waals surface area (Å²) in [6.45, 7) is 5.39. The van der Waals surface area contributed by atoms with Crippen LogP contribution in [0.4, 0.5) is 23.7 Å². The summed E-state index contributed by atoms with van der Waals surface area (Å²) in [4.78, 5) is 38.3. The van der Waals surface area contributed by atoms with Crippen LogP contribution in [0.15, 0.2) is 12.1 Å². The minimum atomic E-state index is -1.72. The molecule has 2 N–H and O–H groups in total. The number of nitrogens with one attached hydrogen (secondary N) is 2. The van der Waals surface area contributed by atoms with Crippen molar-refractivity contribution in [1.29, 1.82) is 0 Å².